The lowest BCUT2D eigenvalue weighted by Crippen LogP contribution is -2.64. The Balaban J connectivity index is 2.02. The van der Waals surface area contributed by atoms with Gasteiger partial charge in [-0.3, -0.25) is 4.90 Å². The van der Waals surface area contributed by atoms with Gasteiger partial charge < -0.3 is 10.6 Å². The zero-order valence-electron chi connectivity index (χ0n) is 12.9. The fraction of sp³-hybridized carbons (Fsp3) is 1.00. The first-order valence-corrected chi connectivity index (χ1v) is 8.98. The standard InChI is InChI=1S/C15H31N3S/c1-4-7-17-8-5-15(12-16,6-9-17)18-10-11-19-14(3)13(18)2/h13-14H,4-12,16H2,1-3H3. The van der Waals surface area contributed by atoms with Crippen molar-refractivity contribution in [3.63, 3.8) is 0 Å². The summed E-state index contributed by atoms with van der Waals surface area (Å²) in [6.07, 6.45) is 3.78. The predicted molar refractivity (Wildman–Crippen MR) is 85.8 cm³/mol. The van der Waals surface area contributed by atoms with E-state index in [2.05, 4.69) is 42.3 Å². The van der Waals surface area contributed by atoms with Gasteiger partial charge in [-0.1, -0.05) is 13.8 Å². The smallest absolute Gasteiger partial charge is 0.0359 e. The molecule has 0 aliphatic carbocycles. The summed E-state index contributed by atoms with van der Waals surface area (Å²) in [6.45, 7) is 12.8. The minimum absolute atomic E-state index is 0.277. The number of nitrogens with zero attached hydrogens (tertiary/aromatic N) is 2. The molecule has 0 amide bonds. The maximum atomic E-state index is 6.23. The lowest BCUT2D eigenvalue weighted by molar-refractivity contribution is 0.00335. The van der Waals surface area contributed by atoms with Crippen LogP contribution in [-0.2, 0) is 0 Å². The van der Waals surface area contributed by atoms with Crippen LogP contribution in [0.15, 0.2) is 0 Å². The Morgan fingerprint density at radius 3 is 2.47 bits per heavy atom. The van der Waals surface area contributed by atoms with Crippen molar-refractivity contribution in [3.05, 3.63) is 0 Å². The van der Waals surface area contributed by atoms with Gasteiger partial charge in [0.2, 0.25) is 0 Å². The Hall–Kier alpha value is 0.230. The fourth-order valence-electron chi connectivity index (χ4n) is 3.72. The number of hydrogen-bond acceptors (Lipinski definition) is 4. The van der Waals surface area contributed by atoms with Crippen molar-refractivity contribution in [2.24, 2.45) is 5.73 Å². The van der Waals surface area contributed by atoms with Crippen molar-refractivity contribution in [2.45, 2.75) is 56.9 Å². The number of likely N-dealkylation sites (tertiary alicyclic amines) is 1. The normalized spacial score (nSPS) is 33.5. The fourth-order valence-corrected chi connectivity index (χ4v) is 4.82. The van der Waals surface area contributed by atoms with Crippen molar-refractivity contribution in [1.29, 1.82) is 0 Å². The first-order chi connectivity index (χ1) is 9.13. The Kier molecular flexibility index (Phi) is 5.58. The number of thioether (sulfide) groups is 1. The average molecular weight is 286 g/mol. The molecule has 2 fully saturated rings. The van der Waals surface area contributed by atoms with Crippen LogP contribution < -0.4 is 5.73 Å². The molecule has 0 bridgehead atoms. The lowest BCUT2D eigenvalue weighted by atomic mass is 9.84. The second kappa shape index (κ2) is 6.79. The van der Waals surface area contributed by atoms with E-state index in [0.717, 1.165) is 11.8 Å². The van der Waals surface area contributed by atoms with Crippen LogP contribution in [-0.4, -0.2) is 65.1 Å². The van der Waals surface area contributed by atoms with Gasteiger partial charge in [0, 0.05) is 35.7 Å². The van der Waals surface area contributed by atoms with E-state index in [1.165, 1.54) is 51.2 Å². The van der Waals surface area contributed by atoms with E-state index >= 15 is 0 Å². The number of nitrogens with two attached hydrogens (primary N) is 1. The molecule has 2 unspecified atom stereocenters. The highest BCUT2D eigenvalue weighted by Crippen LogP contribution is 2.35. The first-order valence-electron chi connectivity index (χ1n) is 7.94. The minimum atomic E-state index is 0.277. The average Bonchev–Trinajstić information content (AvgIpc) is 2.44. The summed E-state index contributed by atoms with van der Waals surface area (Å²) in [5.74, 6) is 1.27. The van der Waals surface area contributed by atoms with E-state index in [1.807, 2.05) is 0 Å². The Morgan fingerprint density at radius 1 is 1.21 bits per heavy atom. The molecule has 2 rings (SSSR count). The summed E-state index contributed by atoms with van der Waals surface area (Å²) in [5, 5.41) is 0.742. The molecule has 2 aliphatic heterocycles. The molecule has 3 nitrogen and oxygen atoms in total. The molecule has 2 heterocycles. The maximum Gasteiger partial charge on any atom is 0.0359 e. The van der Waals surface area contributed by atoms with Gasteiger partial charge in [0.05, 0.1) is 0 Å². The molecule has 112 valence electrons. The second-order valence-electron chi connectivity index (χ2n) is 6.28. The molecular weight excluding hydrogens is 254 g/mol. The molecule has 2 atom stereocenters. The molecule has 2 N–H and O–H groups in total. The molecule has 2 aliphatic rings. The lowest BCUT2D eigenvalue weighted by Gasteiger charge is -2.53. The van der Waals surface area contributed by atoms with E-state index < -0.39 is 0 Å². The molecule has 0 radical (unpaired) electrons. The zero-order chi connectivity index (χ0) is 13.9. The molecule has 0 aromatic carbocycles. The number of rotatable bonds is 4. The molecule has 0 aromatic heterocycles. The third kappa shape index (κ3) is 3.29. The van der Waals surface area contributed by atoms with Crippen molar-refractivity contribution >= 4 is 11.8 Å². The van der Waals surface area contributed by atoms with E-state index in [9.17, 15) is 0 Å². The highest BCUT2D eigenvalue weighted by Gasteiger charge is 2.43. The van der Waals surface area contributed by atoms with Crippen molar-refractivity contribution < 1.29 is 0 Å². The van der Waals surface area contributed by atoms with Crippen molar-refractivity contribution in [3.8, 4) is 0 Å². The SMILES string of the molecule is CCCN1CCC(CN)(N2CCSC(C)C2C)CC1. The Morgan fingerprint density at radius 2 is 1.89 bits per heavy atom. The molecule has 4 heteroatoms. The van der Waals surface area contributed by atoms with Crippen LogP contribution >= 0.6 is 11.8 Å². The van der Waals surface area contributed by atoms with Crippen LogP contribution in [0.4, 0.5) is 0 Å². The van der Waals surface area contributed by atoms with Gasteiger partial charge >= 0.3 is 0 Å². The molecular formula is C15H31N3S. The van der Waals surface area contributed by atoms with Gasteiger partial charge in [-0.25, -0.2) is 0 Å². The van der Waals surface area contributed by atoms with Gasteiger partial charge in [0.25, 0.3) is 0 Å². The van der Waals surface area contributed by atoms with Crippen LogP contribution in [0.5, 0.6) is 0 Å². The molecule has 0 aromatic rings. The van der Waals surface area contributed by atoms with Gasteiger partial charge in [-0.15, -0.1) is 0 Å². The maximum absolute atomic E-state index is 6.23. The summed E-state index contributed by atoms with van der Waals surface area (Å²) < 4.78 is 0. The summed E-state index contributed by atoms with van der Waals surface area (Å²) in [7, 11) is 0. The van der Waals surface area contributed by atoms with Crippen molar-refractivity contribution in [1.82, 2.24) is 9.80 Å². The third-order valence-corrected chi connectivity index (χ3v) is 6.54. The van der Waals surface area contributed by atoms with E-state index in [1.54, 1.807) is 0 Å². The Labute approximate surface area is 123 Å². The summed E-state index contributed by atoms with van der Waals surface area (Å²) >= 11 is 2.12. The van der Waals surface area contributed by atoms with E-state index in [-0.39, 0.29) is 5.54 Å². The molecule has 0 spiro atoms. The molecule has 0 saturated carbocycles. The molecule has 19 heavy (non-hydrogen) atoms. The predicted octanol–water partition coefficient (Wildman–Crippen LogP) is 2.02. The Bertz CT molecular complexity index is 277. The van der Waals surface area contributed by atoms with Gasteiger partial charge in [0.1, 0.15) is 0 Å². The van der Waals surface area contributed by atoms with E-state index in [0.29, 0.717) is 6.04 Å². The van der Waals surface area contributed by atoms with Gasteiger partial charge in [-0.2, -0.15) is 11.8 Å². The third-order valence-electron chi connectivity index (χ3n) is 5.20. The van der Waals surface area contributed by atoms with Crippen LogP contribution in [0, 0.1) is 0 Å². The van der Waals surface area contributed by atoms with Crippen LogP contribution in [0.25, 0.3) is 0 Å². The van der Waals surface area contributed by atoms with Crippen molar-refractivity contribution in [2.75, 3.05) is 38.5 Å². The number of hydrogen-bond donors (Lipinski definition) is 1. The first kappa shape index (κ1) is 15.6. The highest BCUT2D eigenvalue weighted by molar-refractivity contribution is 8.00. The largest absolute Gasteiger partial charge is 0.329 e. The van der Waals surface area contributed by atoms with Crippen LogP contribution in [0.1, 0.15) is 40.0 Å². The summed E-state index contributed by atoms with van der Waals surface area (Å²) in [5.41, 5.74) is 6.51. The minimum Gasteiger partial charge on any atom is -0.329 e. The topological polar surface area (TPSA) is 32.5 Å². The highest BCUT2D eigenvalue weighted by atomic mass is 32.2. The van der Waals surface area contributed by atoms with Gasteiger partial charge in [-0.05, 0) is 45.8 Å². The summed E-state index contributed by atoms with van der Waals surface area (Å²) in [6, 6.07) is 0.667. The second-order valence-corrected chi connectivity index (χ2v) is 7.77. The van der Waals surface area contributed by atoms with Crippen LogP contribution in [0.3, 0.4) is 0 Å². The summed E-state index contributed by atoms with van der Waals surface area (Å²) in [4.78, 5) is 5.36. The molecule has 2 saturated heterocycles. The van der Waals surface area contributed by atoms with Gasteiger partial charge in [0.15, 0.2) is 0 Å². The quantitative estimate of drug-likeness (QED) is 0.856. The van der Waals surface area contributed by atoms with E-state index in [4.69, 9.17) is 5.73 Å². The monoisotopic (exact) mass is 285 g/mol. The number of piperidine rings is 1. The zero-order valence-corrected chi connectivity index (χ0v) is 13.7. The van der Waals surface area contributed by atoms with Crippen LogP contribution in [0.2, 0.25) is 0 Å².